The molecule has 0 fully saturated rings. The third-order valence-electron chi connectivity index (χ3n) is 4.84. The van der Waals surface area contributed by atoms with Crippen LogP contribution in [0, 0.1) is 6.92 Å². The summed E-state index contributed by atoms with van der Waals surface area (Å²) in [7, 11) is 0. The SMILES string of the molecule is CCCCNC(=O)C(C)N(Cc1ccccc1C)C(=O)Cc1cccc(Cl)c1. The second-order valence-electron chi connectivity index (χ2n) is 7.08. The van der Waals surface area contributed by atoms with Gasteiger partial charge in [0, 0.05) is 18.1 Å². The van der Waals surface area contributed by atoms with Crippen LogP contribution in [0.4, 0.5) is 0 Å². The highest BCUT2D eigenvalue weighted by Crippen LogP contribution is 2.17. The number of hydrogen-bond acceptors (Lipinski definition) is 2. The third-order valence-corrected chi connectivity index (χ3v) is 5.08. The van der Waals surface area contributed by atoms with Crippen LogP contribution in [0.5, 0.6) is 0 Å². The minimum absolute atomic E-state index is 0.0938. The van der Waals surface area contributed by atoms with E-state index in [1.54, 1.807) is 24.0 Å². The van der Waals surface area contributed by atoms with Crippen LogP contribution >= 0.6 is 11.6 Å². The van der Waals surface area contributed by atoms with Crippen molar-refractivity contribution in [3.63, 3.8) is 0 Å². The van der Waals surface area contributed by atoms with Gasteiger partial charge >= 0.3 is 0 Å². The van der Waals surface area contributed by atoms with Gasteiger partial charge in [0.1, 0.15) is 6.04 Å². The van der Waals surface area contributed by atoms with Gasteiger partial charge in [0.15, 0.2) is 0 Å². The van der Waals surface area contributed by atoms with E-state index in [0.717, 1.165) is 29.5 Å². The van der Waals surface area contributed by atoms with Crippen LogP contribution in [0.1, 0.15) is 43.4 Å². The summed E-state index contributed by atoms with van der Waals surface area (Å²) in [4.78, 5) is 27.4. The summed E-state index contributed by atoms with van der Waals surface area (Å²) in [5, 5.41) is 3.54. The lowest BCUT2D eigenvalue weighted by atomic mass is 10.1. The number of aryl methyl sites for hydroxylation is 1. The van der Waals surface area contributed by atoms with Gasteiger partial charge in [0.2, 0.25) is 11.8 Å². The second kappa shape index (κ2) is 10.9. The molecule has 0 bridgehead atoms. The van der Waals surface area contributed by atoms with Gasteiger partial charge in [-0.05, 0) is 49.1 Å². The molecule has 150 valence electrons. The molecule has 1 atom stereocenters. The molecule has 2 rings (SSSR count). The summed E-state index contributed by atoms with van der Waals surface area (Å²) in [6, 6.07) is 14.7. The molecular weight excluding hydrogens is 372 g/mol. The minimum atomic E-state index is -0.553. The minimum Gasteiger partial charge on any atom is -0.354 e. The largest absolute Gasteiger partial charge is 0.354 e. The lowest BCUT2D eigenvalue weighted by Crippen LogP contribution is -2.48. The number of rotatable bonds is 9. The Kier molecular flexibility index (Phi) is 8.52. The van der Waals surface area contributed by atoms with Gasteiger partial charge in [-0.1, -0.05) is 61.3 Å². The first-order chi connectivity index (χ1) is 13.4. The number of carbonyl (C=O) groups is 2. The van der Waals surface area contributed by atoms with Gasteiger partial charge < -0.3 is 10.2 Å². The molecule has 0 aliphatic rings. The van der Waals surface area contributed by atoms with Crippen molar-refractivity contribution < 1.29 is 9.59 Å². The van der Waals surface area contributed by atoms with Gasteiger partial charge in [-0.3, -0.25) is 9.59 Å². The van der Waals surface area contributed by atoms with Gasteiger partial charge in [-0.2, -0.15) is 0 Å². The fourth-order valence-electron chi connectivity index (χ4n) is 3.01. The molecule has 0 aliphatic carbocycles. The van der Waals surface area contributed by atoms with Crippen LogP contribution in [-0.4, -0.2) is 29.3 Å². The molecule has 0 saturated heterocycles. The number of carbonyl (C=O) groups excluding carboxylic acids is 2. The number of amides is 2. The van der Waals surface area contributed by atoms with Crippen molar-refractivity contribution >= 4 is 23.4 Å². The molecule has 0 radical (unpaired) electrons. The fraction of sp³-hybridized carbons (Fsp3) is 0.391. The maximum absolute atomic E-state index is 13.1. The predicted octanol–water partition coefficient (Wildman–Crippen LogP) is 4.52. The average Bonchev–Trinajstić information content (AvgIpc) is 2.67. The Balaban J connectivity index is 2.20. The Morgan fingerprint density at radius 1 is 1.14 bits per heavy atom. The zero-order valence-corrected chi connectivity index (χ0v) is 17.6. The van der Waals surface area contributed by atoms with Crippen molar-refractivity contribution in [2.75, 3.05) is 6.54 Å². The van der Waals surface area contributed by atoms with Crippen LogP contribution in [0.3, 0.4) is 0 Å². The Hall–Kier alpha value is -2.33. The lowest BCUT2D eigenvalue weighted by molar-refractivity contribution is -0.140. The summed E-state index contributed by atoms with van der Waals surface area (Å²) < 4.78 is 0. The lowest BCUT2D eigenvalue weighted by Gasteiger charge is -2.29. The molecule has 28 heavy (non-hydrogen) atoms. The highest BCUT2D eigenvalue weighted by atomic mass is 35.5. The zero-order valence-electron chi connectivity index (χ0n) is 16.9. The van der Waals surface area contributed by atoms with Gasteiger partial charge in [-0.15, -0.1) is 0 Å². The molecule has 1 unspecified atom stereocenters. The number of hydrogen-bond donors (Lipinski definition) is 1. The van der Waals surface area contributed by atoms with E-state index < -0.39 is 6.04 Å². The molecule has 4 nitrogen and oxygen atoms in total. The second-order valence-corrected chi connectivity index (χ2v) is 7.51. The van der Waals surface area contributed by atoms with Gasteiger partial charge in [0.05, 0.1) is 6.42 Å². The van der Waals surface area contributed by atoms with Crippen molar-refractivity contribution in [3.8, 4) is 0 Å². The topological polar surface area (TPSA) is 49.4 Å². The fourth-order valence-corrected chi connectivity index (χ4v) is 3.23. The van der Waals surface area contributed by atoms with E-state index in [-0.39, 0.29) is 18.2 Å². The maximum atomic E-state index is 13.1. The van der Waals surface area contributed by atoms with E-state index in [4.69, 9.17) is 11.6 Å². The van der Waals surface area contributed by atoms with Crippen molar-refractivity contribution in [3.05, 3.63) is 70.2 Å². The molecule has 2 aromatic carbocycles. The molecule has 0 spiro atoms. The quantitative estimate of drug-likeness (QED) is 0.629. The zero-order chi connectivity index (χ0) is 20.5. The van der Waals surface area contributed by atoms with Crippen LogP contribution < -0.4 is 5.32 Å². The predicted molar refractivity (Wildman–Crippen MR) is 114 cm³/mol. The van der Waals surface area contributed by atoms with E-state index in [0.29, 0.717) is 18.1 Å². The van der Waals surface area contributed by atoms with Crippen LogP contribution in [0.25, 0.3) is 0 Å². The molecule has 0 heterocycles. The first-order valence-corrected chi connectivity index (χ1v) is 10.2. The number of unbranched alkanes of at least 4 members (excludes halogenated alkanes) is 1. The molecule has 5 heteroatoms. The van der Waals surface area contributed by atoms with E-state index in [1.165, 1.54) is 0 Å². The monoisotopic (exact) mass is 400 g/mol. The normalized spacial score (nSPS) is 11.7. The van der Waals surface area contributed by atoms with E-state index >= 15 is 0 Å². The number of halogens is 1. The molecule has 2 amide bonds. The summed E-state index contributed by atoms with van der Waals surface area (Å²) in [6.45, 7) is 6.90. The Labute approximate surface area is 172 Å². The first kappa shape index (κ1) is 22.0. The Bertz CT molecular complexity index is 807. The van der Waals surface area contributed by atoms with Crippen LogP contribution in [-0.2, 0) is 22.6 Å². The van der Waals surface area contributed by atoms with Gasteiger partial charge in [-0.25, -0.2) is 0 Å². The summed E-state index contributed by atoms with van der Waals surface area (Å²) in [6.07, 6.45) is 2.14. The molecule has 0 aromatic heterocycles. The van der Waals surface area contributed by atoms with Crippen molar-refractivity contribution in [2.45, 2.75) is 52.6 Å². The summed E-state index contributed by atoms with van der Waals surface area (Å²) >= 11 is 6.05. The van der Waals surface area contributed by atoms with Crippen LogP contribution in [0.15, 0.2) is 48.5 Å². The summed E-state index contributed by atoms with van der Waals surface area (Å²) in [5.74, 6) is -0.217. The molecule has 0 saturated carbocycles. The van der Waals surface area contributed by atoms with Crippen molar-refractivity contribution in [1.82, 2.24) is 10.2 Å². The van der Waals surface area contributed by atoms with Crippen LogP contribution in [0.2, 0.25) is 5.02 Å². The number of benzene rings is 2. The Morgan fingerprint density at radius 2 is 1.89 bits per heavy atom. The van der Waals surface area contributed by atoms with E-state index in [9.17, 15) is 9.59 Å². The van der Waals surface area contributed by atoms with E-state index in [2.05, 4.69) is 12.2 Å². The Morgan fingerprint density at radius 3 is 2.57 bits per heavy atom. The average molecular weight is 401 g/mol. The number of nitrogens with zero attached hydrogens (tertiary/aromatic N) is 1. The van der Waals surface area contributed by atoms with Crippen molar-refractivity contribution in [2.24, 2.45) is 0 Å². The first-order valence-electron chi connectivity index (χ1n) is 9.78. The van der Waals surface area contributed by atoms with E-state index in [1.807, 2.05) is 43.3 Å². The highest BCUT2D eigenvalue weighted by molar-refractivity contribution is 6.30. The van der Waals surface area contributed by atoms with Gasteiger partial charge in [0.25, 0.3) is 0 Å². The smallest absolute Gasteiger partial charge is 0.242 e. The standard InChI is InChI=1S/C23H29ClN2O2/c1-4-5-13-25-23(28)18(3)26(16-20-11-7-6-9-17(20)2)22(27)15-19-10-8-12-21(24)14-19/h6-12,14,18H,4-5,13,15-16H2,1-3H3,(H,25,28). The summed E-state index contributed by atoms with van der Waals surface area (Å²) in [5.41, 5.74) is 2.97. The maximum Gasteiger partial charge on any atom is 0.242 e. The third kappa shape index (κ3) is 6.38. The molecule has 2 aromatic rings. The number of nitrogens with one attached hydrogen (secondary N) is 1. The molecular formula is C23H29ClN2O2. The highest BCUT2D eigenvalue weighted by Gasteiger charge is 2.26. The van der Waals surface area contributed by atoms with Crippen molar-refractivity contribution in [1.29, 1.82) is 0 Å². The molecule has 1 N–H and O–H groups in total. The molecule has 0 aliphatic heterocycles.